The van der Waals surface area contributed by atoms with Crippen LogP contribution in [0.15, 0.2) is 18.2 Å². The molecule has 0 aliphatic heterocycles. The first kappa shape index (κ1) is 12.3. The predicted molar refractivity (Wildman–Crippen MR) is 70.3 cm³/mol. The number of non-ortho nitro benzene ring substituents is 1. The highest BCUT2D eigenvalue weighted by atomic mass is 16.6. The second kappa shape index (κ2) is 5.03. The van der Waals surface area contributed by atoms with Crippen LogP contribution in [0, 0.1) is 10.1 Å². The summed E-state index contributed by atoms with van der Waals surface area (Å²) in [5, 5.41) is 10.9. The van der Waals surface area contributed by atoms with Crippen molar-refractivity contribution in [3.05, 3.63) is 28.3 Å². The maximum absolute atomic E-state index is 10.9. The summed E-state index contributed by atoms with van der Waals surface area (Å²) in [4.78, 5) is 14.6. The van der Waals surface area contributed by atoms with E-state index in [1.807, 2.05) is 10.6 Å². The number of aromatic nitrogens is 2. The Bertz CT molecular complexity index is 577. The summed E-state index contributed by atoms with van der Waals surface area (Å²) in [5.41, 5.74) is 6.95. The minimum Gasteiger partial charge on any atom is -0.369 e. The zero-order valence-corrected chi connectivity index (χ0v) is 10.3. The van der Waals surface area contributed by atoms with Crippen molar-refractivity contribution in [1.82, 2.24) is 9.55 Å². The van der Waals surface area contributed by atoms with Crippen LogP contribution in [0.5, 0.6) is 0 Å². The molecule has 1 aromatic heterocycles. The normalized spacial score (nSPS) is 10.9. The molecule has 0 fully saturated rings. The van der Waals surface area contributed by atoms with Crippen molar-refractivity contribution < 1.29 is 4.92 Å². The summed E-state index contributed by atoms with van der Waals surface area (Å²) in [6.45, 7) is 2.87. The molecule has 2 aromatic rings. The number of rotatable bonds is 5. The van der Waals surface area contributed by atoms with Gasteiger partial charge in [0.15, 0.2) is 5.52 Å². The molecule has 18 heavy (non-hydrogen) atoms. The lowest BCUT2D eigenvalue weighted by Crippen LogP contribution is -2.03. The molecule has 0 saturated carbocycles. The van der Waals surface area contributed by atoms with Gasteiger partial charge >= 0.3 is 0 Å². The standard InChI is InChI=1S/C12H16N4O2/c1-2-3-4-8-15-9-6-5-7-10(16(17)18)11(9)14-12(15)13/h5-7H,2-4,8H2,1H3,(H2,13,14). The summed E-state index contributed by atoms with van der Waals surface area (Å²) < 4.78 is 1.85. The number of nitrogen functional groups attached to an aromatic ring is 1. The first-order valence-corrected chi connectivity index (χ1v) is 6.04. The van der Waals surface area contributed by atoms with Crippen molar-refractivity contribution in [2.75, 3.05) is 5.73 Å². The van der Waals surface area contributed by atoms with Gasteiger partial charge in [-0.25, -0.2) is 4.98 Å². The minimum atomic E-state index is -0.425. The van der Waals surface area contributed by atoms with E-state index in [2.05, 4.69) is 11.9 Å². The SMILES string of the molecule is CCCCCn1c(N)nc2c([N+](=O)[O-])cccc21. The van der Waals surface area contributed by atoms with E-state index >= 15 is 0 Å². The molecule has 0 spiro atoms. The maximum atomic E-state index is 10.9. The lowest BCUT2D eigenvalue weighted by atomic mass is 10.2. The minimum absolute atomic E-state index is 0.00782. The highest BCUT2D eigenvalue weighted by molar-refractivity contribution is 5.86. The van der Waals surface area contributed by atoms with E-state index in [9.17, 15) is 10.1 Å². The predicted octanol–water partition coefficient (Wildman–Crippen LogP) is 2.72. The number of para-hydroxylation sites is 1. The van der Waals surface area contributed by atoms with Crippen LogP contribution in [-0.2, 0) is 6.54 Å². The number of nitro benzene ring substituents is 1. The van der Waals surface area contributed by atoms with Crippen molar-refractivity contribution in [3.8, 4) is 0 Å². The molecule has 0 radical (unpaired) electrons. The van der Waals surface area contributed by atoms with Gasteiger partial charge in [0, 0.05) is 12.6 Å². The molecule has 0 amide bonds. The number of hydrogen-bond acceptors (Lipinski definition) is 4. The molecule has 0 aliphatic rings. The molecular formula is C12H16N4O2. The van der Waals surface area contributed by atoms with Crippen LogP contribution in [0.2, 0.25) is 0 Å². The van der Waals surface area contributed by atoms with Gasteiger partial charge in [0.2, 0.25) is 5.95 Å². The number of benzene rings is 1. The highest BCUT2D eigenvalue weighted by Crippen LogP contribution is 2.26. The smallest absolute Gasteiger partial charge is 0.297 e. The Balaban J connectivity index is 2.45. The van der Waals surface area contributed by atoms with Gasteiger partial charge in [0.1, 0.15) is 0 Å². The van der Waals surface area contributed by atoms with Gasteiger partial charge in [-0.3, -0.25) is 10.1 Å². The average molecular weight is 248 g/mol. The van der Waals surface area contributed by atoms with Gasteiger partial charge in [0.05, 0.1) is 10.4 Å². The summed E-state index contributed by atoms with van der Waals surface area (Å²) in [7, 11) is 0. The first-order valence-electron chi connectivity index (χ1n) is 6.04. The third kappa shape index (κ3) is 2.13. The Hall–Kier alpha value is -2.11. The van der Waals surface area contributed by atoms with Gasteiger partial charge in [-0.15, -0.1) is 0 Å². The molecule has 0 unspecified atom stereocenters. The van der Waals surface area contributed by atoms with Crippen LogP contribution in [0.25, 0.3) is 11.0 Å². The van der Waals surface area contributed by atoms with E-state index in [1.165, 1.54) is 6.07 Å². The summed E-state index contributed by atoms with van der Waals surface area (Å²) in [6, 6.07) is 4.93. The van der Waals surface area contributed by atoms with Crippen LogP contribution in [0.1, 0.15) is 26.2 Å². The van der Waals surface area contributed by atoms with Crippen molar-refractivity contribution >= 4 is 22.7 Å². The van der Waals surface area contributed by atoms with Crippen molar-refractivity contribution in [1.29, 1.82) is 0 Å². The Morgan fingerprint density at radius 2 is 2.22 bits per heavy atom. The van der Waals surface area contributed by atoms with Crippen molar-refractivity contribution in [3.63, 3.8) is 0 Å². The van der Waals surface area contributed by atoms with Gasteiger partial charge in [-0.1, -0.05) is 25.8 Å². The molecule has 0 atom stereocenters. The molecular weight excluding hydrogens is 232 g/mol. The average Bonchev–Trinajstić information content (AvgIpc) is 2.66. The fourth-order valence-electron chi connectivity index (χ4n) is 2.05. The molecule has 6 heteroatoms. The molecule has 1 aromatic carbocycles. The summed E-state index contributed by atoms with van der Waals surface area (Å²) >= 11 is 0. The van der Waals surface area contributed by atoms with Crippen LogP contribution >= 0.6 is 0 Å². The number of fused-ring (bicyclic) bond motifs is 1. The van der Waals surface area contributed by atoms with E-state index < -0.39 is 4.92 Å². The highest BCUT2D eigenvalue weighted by Gasteiger charge is 2.17. The number of anilines is 1. The van der Waals surface area contributed by atoms with E-state index in [4.69, 9.17) is 5.73 Å². The summed E-state index contributed by atoms with van der Waals surface area (Å²) in [6.07, 6.45) is 3.22. The Morgan fingerprint density at radius 3 is 2.89 bits per heavy atom. The van der Waals surface area contributed by atoms with Gasteiger partial charge < -0.3 is 10.3 Å². The van der Waals surface area contributed by atoms with Crippen LogP contribution in [0.4, 0.5) is 11.6 Å². The zero-order valence-electron chi connectivity index (χ0n) is 10.3. The van der Waals surface area contributed by atoms with Crippen molar-refractivity contribution in [2.45, 2.75) is 32.7 Å². The van der Waals surface area contributed by atoms with Gasteiger partial charge in [0.25, 0.3) is 5.69 Å². The largest absolute Gasteiger partial charge is 0.369 e. The fourth-order valence-corrected chi connectivity index (χ4v) is 2.05. The van der Waals surface area contributed by atoms with E-state index in [0.717, 1.165) is 31.3 Å². The van der Waals surface area contributed by atoms with E-state index in [-0.39, 0.29) is 5.69 Å². The third-order valence-corrected chi connectivity index (χ3v) is 2.97. The number of unbranched alkanes of at least 4 members (excludes halogenated alkanes) is 2. The molecule has 1 heterocycles. The van der Waals surface area contributed by atoms with Gasteiger partial charge in [-0.05, 0) is 12.5 Å². The molecule has 0 aliphatic carbocycles. The lowest BCUT2D eigenvalue weighted by Gasteiger charge is -2.05. The zero-order chi connectivity index (χ0) is 13.1. The Labute approximate surface area is 105 Å². The van der Waals surface area contributed by atoms with Gasteiger partial charge in [-0.2, -0.15) is 0 Å². The monoisotopic (exact) mass is 248 g/mol. The number of nitro groups is 1. The van der Waals surface area contributed by atoms with Crippen LogP contribution in [-0.4, -0.2) is 14.5 Å². The summed E-state index contributed by atoms with van der Waals surface area (Å²) in [5.74, 6) is 0.343. The van der Waals surface area contributed by atoms with Crippen LogP contribution < -0.4 is 5.73 Å². The molecule has 2 rings (SSSR count). The quantitative estimate of drug-likeness (QED) is 0.500. The lowest BCUT2D eigenvalue weighted by molar-refractivity contribution is -0.383. The molecule has 0 bridgehead atoms. The number of imidazole rings is 1. The molecule has 6 nitrogen and oxygen atoms in total. The molecule has 96 valence electrons. The van der Waals surface area contributed by atoms with E-state index in [1.54, 1.807) is 6.07 Å². The number of nitrogens with two attached hydrogens (primary N) is 1. The number of nitrogens with zero attached hydrogens (tertiary/aromatic N) is 3. The van der Waals surface area contributed by atoms with Crippen molar-refractivity contribution in [2.24, 2.45) is 0 Å². The fraction of sp³-hybridized carbons (Fsp3) is 0.417. The second-order valence-electron chi connectivity index (χ2n) is 4.23. The maximum Gasteiger partial charge on any atom is 0.297 e. The second-order valence-corrected chi connectivity index (χ2v) is 4.23. The third-order valence-electron chi connectivity index (χ3n) is 2.97. The van der Waals surface area contributed by atoms with E-state index in [0.29, 0.717) is 11.5 Å². The molecule has 2 N–H and O–H groups in total. The Morgan fingerprint density at radius 1 is 1.44 bits per heavy atom. The van der Waals surface area contributed by atoms with Crippen LogP contribution in [0.3, 0.4) is 0 Å². The number of hydrogen-bond donors (Lipinski definition) is 1. The topological polar surface area (TPSA) is 87.0 Å². The first-order chi connectivity index (χ1) is 8.65. The molecule has 0 saturated heterocycles. The Kier molecular flexibility index (Phi) is 3.45. The number of aryl methyl sites for hydroxylation is 1.